The second-order valence-corrected chi connectivity index (χ2v) is 3.37. The number of nitrogens with zero attached hydrogens (tertiary/aromatic N) is 1. The molecule has 0 aromatic heterocycles. The molecule has 1 aromatic rings. The van der Waals surface area contributed by atoms with Gasteiger partial charge in [0.25, 0.3) is 0 Å². The number of hydrogen-bond donors (Lipinski definition) is 3. The number of nitrogens with one attached hydrogen (secondary N) is 2. The first-order valence-electron chi connectivity index (χ1n) is 4.85. The first-order valence-corrected chi connectivity index (χ1v) is 4.85. The molecular formula is C11H13N3O2. The van der Waals surface area contributed by atoms with Crippen molar-refractivity contribution in [2.75, 3.05) is 11.9 Å². The van der Waals surface area contributed by atoms with Crippen molar-refractivity contribution in [3.8, 4) is 6.07 Å². The molecule has 16 heavy (non-hydrogen) atoms. The molecule has 5 heteroatoms. The summed E-state index contributed by atoms with van der Waals surface area (Å²) in [7, 11) is 0. The molecule has 1 atom stereocenters. The van der Waals surface area contributed by atoms with E-state index in [1.54, 1.807) is 31.2 Å². The van der Waals surface area contributed by atoms with Crippen molar-refractivity contribution in [1.29, 1.82) is 5.26 Å². The molecule has 1 unspecified atom stereocenters. The van der Waals surface area contributed by atoms with E-state index in [9.17, 15) is 4.79 Å². The molecular weight excluding hydrogens is 206 g/mol. The van der Waals surface area contributed by atoms with Crippen LogP contribution in [0, 0.1) is 11.3 Å². The van der Waals surface area contributed by atoms with Crippen LogP contribution in [0.25, 0.3) is 0 Å². The Morgan fingerprint density at radius 3 is 2.62 bits per heavy atom. The van der Waals surface area contributed by atoms with Crippen LogP contribution in [0.15, 0.2) is 24.3 Å². The average molecular weight is 219 g/mol. The first kappa shape index (κ1) is 12.0. The van der Waals surface area contributed by atoms with E-state index in [0.29, 0.717) is 11.3 Å². The topological polar surface area (TPSA) is 85.2 Å². The van der Waals surface area contributed by atoms with Gasteiger partial charge in [0.05, 0.1) is 17.7 Å². The zero-order valence-electron chi connectivity index (χ0n) is 8.90. The van der Waals surface area contributed by atoms with Gasteiger partial charge in [-0.15, -0.1) is 0 Å². The molecule has 84 valence electrons. The van der Waals surface area contributed by atoms with Crippen LogP contribution in [-0.4, -0.2) is 23.8 Å². The van der Waals surface area contributed by atoms with Gasteiger partial charge in [0.2, 0.25) is 0 Å². The van der Waals surface area contributed by atoms with Crippen LogP contribution >= 0.6 is 0 Å². The lowest BCUT2D eigenvalue weighted by Gasteiger charge is -2.08. The highest BCUT2D eigenvalue weighted by atomic mass is 16.3. The smallest absolute Gasteiger partial charge is 0.319 e. The molecule has 0 bridgehead atoms. The maximum absolute atomic E-state index is 11.3. The van der Waals surface area contributed by atoms with E-state index in [2.05, 4.69) is 10.6 Å². The molecule has 5 nitrogen and oxygen atoms in total. The molecule has 1 aromatic carbocycles. The minimum Gasteiger partial charge on any atom is -0.392 e. The fourth-order valence-corrected chi connectivity index (χ4v) is 1.04. The average Bonchev–Trinajstić information content (AvgIpc) is 2.27. The number of nitriles is 1. The minimum atomic E-state index is -0.577. The summed E-state index contributed by atoms with van der Waals surface area (Å²) in [4.78, 5) is 11.3. The van der Waals surface area contributed by atoms with Crippen LogP contribution in [0.4, 0.5) is 10.5 Å². The standard InChI is InChI=1S/C11H13N3O2/c1-8(15)7-13-11(16)14-10-4-2-9(6-12)3-5-10/h2-5,8,15H,7H2,1H3,(H2,13,14,16). The molecule has 0 aliphatic carbocycles. The maximum Gasteiger partial charge on any atom is 0.319 e. The summed E-state index contributed by atoms with van der Waals surface area (Å²) >= 11 is 0. The van der Waals surface area contributed by atoms with E-state index in [4.69, 9.17) is 10.4 Å². The van der Waals surface area contributed by atoms with Crippen molar-refractivity contribution in [3.63, 3.8) is 0 Å². The normalized spacial score (nSPS) is 11.3. The van der Waals surface area contributed by atoms with Gasteiger partial charge in [-0.1, -0.05) is 0 Å². The van der Waals surface area contributed by atoms with Gasteiger partial charge in [-0.25, -0.2) is 4.79 Å². The molecule has 2 amide bonds. The van der Waals surface area contributed by atoms with E-state index >= 15 is 0 Å². The minimum absolute atomic E-state index is 0.197. The SMILES string of the molecule is CC(O)CNC(=O)Nc1ccc(C#N)cc1. The fourth-order valence-electron chi connectivity index (χ4n) is 1.04. The summed E-state index contributed by atoms with van der Waals surface area (Å²) in [5.41, 5.74) is 1.14. The number of aliphatic hydroxyl groups excluding tert-OH is 1. The highest BCUT2D eigenvalue weighted by Crippen LogP contribution is 2.08. The lowest BCUT2D eigenvalue weighted by molar-refractivity contribution is 0.190. The van der Waals surface area contributed by atoms with E-state index in [0.717, 1.165) is 0 Å². The zero-order valence-corrected chi connectivity index (χ0v) is 8.90. The lowest BCUT2D eigenvalue weighted by atomic mass is 10.2. The van der Waals surface area contributed by atoms with Crippen LogP contribution in [0.5, 0.6) is 0 Å². The molecule has 0 radical (unpaired) electrons. The monoisotopic (exact) mass is 219 g/mol. The summed E-state index contributed by atoms with van der Waals surface area (Å²) in [5.74, 6) is 0. The van der Waals surface area contributed by atoms with Crippen LogP contribution in [0.2, 0.25) is 0 Å². The summed E-state index contributed by atoms with van der Waals surface area (Å²) < 4.78 is 0. The molecule has 0 saturated carbocycles. The van der Waals surface area contributed by atoms with Gasteiger partial charge in [0.15, 0.2) is 0 Å². The number of hydrogen-bond acceptors (Lipinski definition) is 3. The summed E-state index contributed by atoms with van der Waals surface area (Å²) in [6.45, 7) is 1.78. The maximum atomic E-state index is 11.3. The first-order chi connectivity index (χ1) is 7.61. The van der Waals surface area contributed by atoms with E-state index in [1.165, 1.54) is 0 Å². The van der Waals surface area contributed by atoms with Gasteiger partial charge in [0.1, 0.15) is 0 Å². The van der Waals surface area contributed by atoms with E-state index in [-0.39, 0.29) is 12.6 Å². The van der Waals surface area contributed by atoms with Crippen molar-refractivity contribution in [2.24, 2.45) is 0 Å². The number of rotatable bonds is 3. The third kappa shape index (κ3) is 3.98. The fraction of sp³-hybridized carbons (Fsp3) is 0.273. The molecule has 1 rings (SSSR count). The van der Waals surface area contributed by atoms with Crippen molar-refractivity contribution < 1.29 is 9.90 Å². The summed E-state index contributed by atoms with van der Waals surface area (Å²) in [6, 6.07) is 8.11. The molecule has 0 saturated heterocycles. The number of amides is 2. The lowest BCUT2D eigenvalue weighted by Crippen LogP contribution is -2.34. The third-order valence-electron chi connectivity index (χ3n) is 1.83. The van der Waals surface area contributed by atoms with Gasteiger partial charge in [-0.2, -0.15) is 5.26 Å². The predicted octanol–water partition coefficient (Wildman–Crippen LogP) is 1.06. The third-order valence-corrected chi connectivity index (χ3v) is 1.83. The van der Waals surface area contributed by atoms with Crippen LogP contribution in [0.3, 0.4) is 0 Å². The molecule has 0 aliphatic heterocycles. The number of carbonyl (C=O) groups is 1. The van der Waals surface area contributed by atoms with Crippen LogP contribution < -0.4 is 10.6 Å². The highest BCUT2D eigenvalue weighted by Gasteiger charge is 2.02. The Balaban J connectivity index is 2.47. The van der Waals surface area contributed by atoms with Crippen molar-refractivity contribution in [2.45, 2.75) is 13.0 Å². The zero-order chi connectivity index (χ0) is 12.0. The number of benzene rings is 1. The largest absolute Gasteiger partial charge is 0.392 e. The van der Waals surface area contributed by atoms with Crippen LogP contribution in [-0.2, 0) is 0 Å². The molecule has 0 heterocycles. The Morgan fingerprint density at radius 1 is 1.50 bits per heavy atom. The Morgan fingerprint density at radius 2 is 2.12 bits per heavy atom. The Labute approximate surface area is 93.7 Å². The summed E-state index contributed by atoms with van der Waals surface area (Å²) in [5, 5.41) is 22.6. The number of anilines is 1. The number of carbonyl (C=O) groups excluding carboxylic acids is 1. The molecule has 0 spiro atoms. The molecule has 3 N–H and O–H groups in total. The Kier molecular flexibility index (Phi) is 4.30. The van der Waals surface area contributed by atoms with Gasteiger partial charge in [-0.3, -0.25) is 0 Å². The van der Waals surface area contributed by atoms with Crippen LogP contribution in [0.1, 0.15) is 12.5 Å². The van der Waals surface area contributed by atoms with Crippen molar-refractivity contribution >= 4 is 11.7 Å². The molecule has 0 aliphatic rings. The molecule has 0 fully saturated rings. The van der Waals surface area contributed by atoms with Gasteiger partial charge in [-0.05, 0) is 31.2 Å². The van der Waals surface area contributed by atoms with E-state index < -0.39 is 6.10 Å². The Bertz CT molecular complexity index is 393. The second kappa shape index (κ2) is 5.73. The quantitative estimate of drug-likeness (QED) is 0.710. The second-order valence-electron chi connectivity index (χ2n) is 3.37. The highest BCUT2D eigenvalue weighted by molar-refractivity contribution is 5.89. The number of aliphatic hydroxyl groups is 1. The van der Waals surface area contributed by atoms with Gasteiger partial charge in [0, 0.05) is 12.2 Å². The van der Waals surface area contributed by atoms with Crippen molar-refractivity contribution in [1.82, 2.24) is 5.32 Å². The Hall–Kier alpha value is -2.06. The van der Waals surface area contributed by atoms with Gasteiger partial charge < -0.3 is 15.7 Å². The van der Waals surface area contributed by atoms with E-state index in [1.807, 2.05) is 6.07 Å². The predicted molar refractivity (Wildman–Crippen MR) is 59.9 cm³/mol. The van der Waals surface area contributed by atoms with Crippen molar-refractivity contribution in [3.05, 3.63) is 29.8 Å². The summed E-state index contributed by atoms with van der Waals surface area (Å²) in [6.07, 6.45) is -0.577. The van der Waals surface area contributed by atoms with Gasteiger partial charge >= 0.3 is 6.03 Å². The number of urea groups is 1.